The van der Waals surface area contributed by atoms with Crippen LogP contribution in [0.2, 0.25) is 0 Å². The smallest absolute Gasteiger partial charge is 0.193 e. The van der Waals surface area contributed by atoms with Gasteiger partial charge in [-0.2, -0.15) is 0 Å². The van der Waals surface area contributed by atoms with Crippen LogP contribution < -0.4 is 0 Å². The van der Waals surface area contributed by atoms with Crippen molar-refractivity contribution in [2.24, 2.45) is 0 Å². The molecule has 2 heterocycles. The zero-order chi connectivity index (χ0) is 20.8. The van der Waals surface area contributed by atoms with E-state index < -0.39 is 19.7 Å². The minimum absolute atomic E-state index is 0.113. The Balaban J connectivity index is 1.97. The van der Waals surface area contributed by atoms with Crippen LogP contribution in [0.1, 0.15) is 54.4 Å². The molecule has 0 aromatic carbocycles. The molecule has 0 atom stereocenters. The highest BCUT2D eigenvalue weighted by Crippen LogP contribution is 2.33. The van der Waals surface area contributed by atoms with Gasteiger partial charge in [-0.05, 0) is 85.8 Å². The first-order valence-electron chi connectivity index (χ1n) is 10.1. The molecule has 2 aliphatic carbocycles. The van der Waals surface area contributed by atoms with Gasteiger partial charge in [0.15, 0.2) is 29.7 Å². The average Bonchev–Trinajstić information content (AvgIpc) is 2.90. The van der Waals surface area contributed by atoms with Gasteiger partial charge in [-0.15, -0.1) is 0 Å². The van der Waals surface area contributed by atoms with Gasteiger partial charge in [0.25, 0.3) is 0 Å². The summed E-state index contributed by atoms with van der Waals surface area (Å²) >= 11 is 0. The van der Waals surface area contributed by atoms with E-state index in [1.54, 1.807) is 0 Å². The Kier molecular flexibility index (Phi) is 5.27. The predicted molar refractivity (Wildman–Crippen MR) is 112 cm³/mol. The maximum atomic E-state index is 12.5. The highest BCUT2D eigenvalue weighted by Gasteiger charge is 2.26. The molecule has 0 bridgehead atoms. The molecule has 0 unspecified atom stereocenters. The van der Waals surface area contributed by atoms with E-state index in [4.69, 9.17) is 0 Å². The molecular formula is C21H26N2O4S2. The number of aryl methyl sites for hydroxylation is 2. The number of rotatable bonds is 3. The molecule has 8 heteroatoms. The third-order valence-electron chi connectivity index (χ3n) is 5.82. The molecule has 2 aliphatic rings. The van der Waals surface area contributed by atoms with Gasteiger partial charge in [0.05, 0.1) is 11.4 Å². The molecule has 0 radical (unpaired) electrons. The Morgan fingerprint density at radius 1 is 0.621 bits per heavy atom. The largest absolute Gasteiger partial charge is 0.234 e. The molecule has 0 N–H and O–H groups in total. The Labute approximate surface area is 172 Å². The van der Waals surface area contributed by atoms with E-state index in [9.17, 15) is 16.8 Å². The molecule has 2 aromatic heterocycles. The van der Waals surface area contributed by atoms with Gasteiger partial charge in [0, 0.05) is 12.5 Å². The monoisotopic (exact) mass is 434 g/mol. The first-order valence-corrected chi connectivity index (χ1v) is 13.9. The van der Waals surface area contributed by atoms with Gasteiger partial charge >= 0.3 is 0 Å². The minimum atomic E-state index is -3.50. The summed E-state index contributed by atoms with van der Waals surface area (Å²) in [6, 6.07) is 3.82. The number of aromatic nitrogens is 2. The number of sulfone groups is 2. The van der Waals surface area contributed by atoms with E-state index in [1.807, 2.05) is 12.1 Å². The molecular weight excluding hydrogens is 408 g/mol. The average molecular weight is 435 g/mol. The highest BCUT2D eigenvalue weighted by atomic mass is 32.2. The van der Waals surface area contributed by atoms with Crippen molar-refractivity contribution in [1.29, 1.82) is 0 Å². The molecule has 6 nitrogen and oxygen atoms in total. The molecule has 4 rings (SSSR count). The molecule has 156 valence electrons. The normalized spacial score (nSPS) is 17.3. The predicted octanol–water partition coefficient (Wildman–Crippen LogP) is 3.10. The Hall–Kier alpha value is -1.80. The van der Waals surface area contributed by atoms with E-state index >= 15 is 0 Å². The zero-order valence-corrected chi connectivity index (χ0v) is 18.5. The van der Waals surface area contributed by atoms with Crippen molar-refractivity contribution in [3.05, 3.63) is 34.4 Å². The van der Waals surface area contributed by atoms with E-state index in [2.05, 4.69) is 9.97 Å². The van der Waals surface area contributed by atoms with Crippen LogP contribution in [0.5, 0.6) is 0 Å². The van der Waals surface area contributed by atoms with E-state index in [-0.39, 0.29) is 10.1 Å². The molecule has 0 spiro atoms. The maximum Gasteiger partial charge on any atom is 0.193 e. The summed E-state index contributed by atoms with van der Waals surface area (Å²) in [4.78, 5) is 8.97. The summed E-state index contributed by atoms with van der Waals surface area (Å²) in [5.74, 6) is 0. The summed E-state index contributed by atoms with van der Waals surface area (Å²) in [6.45, 7) is 0. The molecule has 2 aromatic rings. The van der Waals surface area contributed by atoms with Crippen LogP contribution in [0.15, 0.2) is 22.2 Å². The summed E-state index contributed by atoms with van der Waals surface area (Å²) in [6.07, 6.45) is 10.4. The second-order valence-electron chi connectivity index (χ2n) is 8.21. The fraction of sp³-hybridized carbons (Fsp3) is 0.524. The second-order valence-corrected chi connectivity index (χ2v) is 12.1. The molecule has 0 saturated carbocycles. The third kappa shape index (κ3) is 4.10. The molecule has 29 heavy (non-hydrogen) atoms. The van der Waals surface area contributed by atoms with Crippen LogP contribution in [0.4, 0.5) is 0 Å². The van der Waals surface area contributed by atoms with Crippen LogP contribution in [-0.4, -0.2) is 39.3 Å². The van der Waals surface area contributed by atoms with Crippen LogP contribution >= 0.6 is 0 Å². The molecule has 0 amide bonds. The molecule has 0 aliphatic heterocycles. The van der Waals surface area contributed by atoms with Crippen LogP contribution in [-0.2, 0) is 45.4 Å². The zero-order valence-electron chi connectivity index (χ0n) is 16.9. The second kappa shape index (κ2) is 7.47. The minimum Gasteiger partial charge on any atom is -0.234 e. The van der Waals surface area contributed by atoms with Crippen molar-refractivity contribution >= 4 is 19.7 Å². The first kappa shape index (κ1) is 20.5. The first-order chi connectivity index (χ1) is 13.6. The van der Waals surface area contributed by atoms with E-state index in [1.165, 1.54) is 12.5 Å². The van der Waals surface area contributed by atoms with Crippen molar-refractivity contribution in [1.82, 2.24) is 9.97 Å². The summed E-state index contributed by atoms with van der Waals surface area (Å²) in [7, 11) is -7.00. The third-order valence-corrected chi connectivity index (χ3v) is 7.90. The lowest BCUT2D eigenvalue weighted by Gasteiger charge is -2.20. The van der Waals surface area contributed by atoms with Crippen LogP contribution in [0.3, 0.4) is 0 Å². The number of nitrogens with zero attached hydrogens (tertiary/aromatic N) is 2. The Bertz CT molecular complexity index is 1190. The van der Waals surface area contributed by atoms with Crippen molar-refractivity contribution in [3.8, 4) is 11.4 Å². The lowest BCUT2D eigenvalue weighted by Crippen LogP contribution is -2.14. The fourth-order valence-electron chi connectivity index (χ4n) is 4.47. The topological polar surface area (TPSA) is 94.1 Å². The van der Waals surface area contributed by atoms with Gasteiger partial charge in [-0.1, -0.05) is 6.42 Å². The van der Waals surface area contributed by atoms with Crippen LogP contribution in [0, 0.1) is 0 Å². The van der Waals surface area contributed by atoms with Crippen molar-refractivity contribution in [3.63, 3.8) is 0 Å². The SMILES string of the molecule is CS(=O)(=O)c1nc(-c2cc3c(c(S(C)(=O)=O)n2)CCCC3)cc2c1CCCCC2. The Morgan fingerprint density at radius 2 is 1.00 bits per heavy atom. The van der Waals surface area contributed by atoms with Gasteiger partial charge < -0.3 is 0 Å². The maximum absolute atomic E-state index is 12.5. The quantitative estimate of drug-likeness (QED) is 0.689. The van der Waals surface area contributed by atoms with E-state index in [0.717, 1.165) is 67.2 Å². The number of fused-ring (bicyclic) bond motifs is 2. The lowest BCUT2D eigenvalue weighted by molar-refractivity contribution is 0.590. The van der Waals surface area contributed by atoms with Gasteiger partial charge in [-0.3, -0.25) is 0 Å². The van der Waals surface area contributed by atoms with Crippen molar-refractivity contribution in [2.45, 2.75) is 67.8 Å². The number of hydrogen-bond acceptors (Lipinski definition) is 6. The van der Waals surface area contributed by atoms with Gasteiger partial charge in [0.2, 0.25) is 0 Å². The Morgan fingerprint density at radius 3 is 1.45 bits per heavy atom. The summed E-state index contributed by atoms with van der Waals surface area (Å²) < 4.78 is 49.8. The van der Waals surface area contributed by atoms with Crippen molar-refractivity contribution < 1.29 is 16.8 Å². The molecule has 0 fully saturated rings. The summed E-state index contributed by atoms with van der Waals surface area (Å²) in [5, 5.41) is 0.231. The summed E-state index contributed by atoms with van der Waals surface area (Å²) in [5.41, 5.74) is 4.50. The van der Waals surface area contributed by atoms with Crippen LogP contribution in [0.25, 0.3) is 11.4 Å². The van der Waals surface area contributed by atoms with Gasteiger partial charge in [-0.25, -0.2) is 26.8 Å². The highest BCUT2D eigenvalue weighted by molar-refractivity contribution is 7.91. The molecule has 0 saturated heterocycles. The lowest BCUT2D eigenvalue weighted by atomic mass is 9.92. The fourth-order valence-corrected chi connectivity index (χ4v) is 6.36. The number of hydrogen-bond donors (Lipinski definition) is 0. The van der Waals surface area contributed by atoms with E-state index in [0.29, 0.717) is 24.2 Å². The van der Waals surface area contributed by atoms with Gasteiger partial charge in [0.1, 0.15) is 0 Å². The number of pyridine rings is 2. The van der Waals surface area contributed by atoms with Crippen molar-refractivity contribution in [2.75, 3.05) is 12.5 Å². The standard InChI is InChI=1S/C21H26N2O4S2/c1-28(24,25)20-16-10-5-3-4-8-14(16)12-18(22-20)19-13-15-9-6-7-11-17(15)21(23-19)29(2,26)27/h12-13H,3-11H2,1-2H3.